The van der Waals surface area contributed by atoms with Gasteiger partial charge in [0.05, 0.1) is 0 Å². The normalized spacial score (nSPS) is 11.9. The fourth-order valence-corrected chi connectivity index (χ4v) is 2.01. The minimum Gasteiger partial charge on any atom is -0.507 e. The SMILES string of the molecule is CC(C)(C)c1cc(C(=O)N=C=O)cc(C(C)(C)C)c1O. The maximum absolute atomic E-state index is 11.8. The maximum Gasteiger partial charge on any atom is 0.287 e. The number of hydrogen-bond acceptors (Lipinski definition) is 3. The number of isocyanates is 1. The van der Waals surface area contributed by atoms with E-state index in [9.17, 15) is 14.7 Å². The van der Waals surface area contributed by atoms with Crippen LogP contribution in [0.2, 0.25) is 0 Å². The highest BCUT2D eigenvalue weighted by Crippen LogP contribution is 2.39. The molecule has 4 nitrogen and oxygen atoms in total. The number of benzene rings is 1. The lowest BCUT2D eigenvalue weighted by Crippen LogP contribution is -2.18. The number of phenols is 1. The van der Waals surface area contributed by atoms with Crippen molar-refractivity contribution < 1.29 is 14.7 Å². The molecule has 0 atom stereocenters. The van der Waals surface area contributed by atoms with E-state index in [1.807, 2.05) is 41.5 Å². The Kier molecular flexibility index (Phi) is 4.21. The summed E-state index contributed by atoms with van der Waals surface area (Å²) in [6.07, 6.45) is 1.26. The predicted molar refractivity (Wildman–Crippen MR) is 78.0 cm³/mol. The van der Waals surface area contributed by atoms with Crippen LogP contribution in [0.5, 0.6) is 5.75 Å². The van der Waals surface area contributed by atoms with Gasteiger partial charge < -0.3 is 5.11 Å². The van der Waals surface area contributed by atoms with E-state index >= 15 is 0 Å². The van der Waals surface area contributed by atoms with Gasteiger partial charge >= 0.3 is 0 Å². The van der Waals surface area contributed by atoms with E-state index in [0.29, 0.717) is 16.7 Å². The summed E-state index contributed by atoms with van der Waals surface area (Å²) in [5, 5.41) is 10.5. The summed E-state index contributed by atoms with van der Waals surface area (Å²) in [6, 6.07) is 3.18. The number of phenolic OH excluding ortho intramolecular Hbond substituents is 1. The van der Waals surface area contributed by atoms with Gasteiger partial charge in [0.25, 0.3) is 5.91 Å². The first-order valence-electron chi connectivity index (χ1n) is 6.48. The molecule has 1 rings (SSSR count). The highest BCUT2D eigenvalue weighted by molar-refractivity contribution is 5.98. The molecular weight excluding hydrogens is 254 g/mol. The molecule has 4 heteroatoms. The van der Waals surface area contributed by atoms with Gasteiger partial charge in [0, 0.05) is 16.7 Å². The monoisotopic (exact) mass is 275 g/mol. The van der Waals surface area contributed by atoms with Crippen molar-refractivity contribution in [1.82, 2.24) is 0 Å². The summed E-state index contributed by atoms with van der Waals surface area (Å²) in [5.74, 6) is -0.451. The lowest BCUT2D eigenvalue weighted by atomic mass is 9.78. The van der Waals surface area contributed by atoms with Gasteiger partial charge in [-0.1, -0.05) is 41.5 Å². The van der Waals surface area contributed by atoms with E-state index in [2.05, 4.69) is 4.99 Å². The molecule has 108 valence electrons. The Morgan fingerprint density at radius 3 is 1.75 bits per heavy atom. The molecule has 0 aromatic heterocycles. The van der Waals surface area contributed by atoms with Gasteiger partial charge in [-0.25, -0.2) is 4.79 Å². The second-order valence-corrected chi connectivity index (χ2v) is 6.93. The van der Waals surface area contributed by atoms with Crippen molar-refractivity contribution in [3.8, 4) is 5.75 Å². The van der Waals surface area contributed by atoms with Gasteiger partial charge in [0.1, 0.15) is 5.75 Å². The van der Waals surface area contributed by atoms with Gasteiger partial charge in [0.2, 0.25) is 6.08 Å². The first-order valence-corrected chi connectivity index (χ1v) is 6.48. The van der Waals surface area contributed by atoms with Crippen molar-refractivity contribution in [2.24, 2.45) is 4.99 Å². The lowest BCUT2D eigenvalue weighted by Gasteiger charge is -2.27. The minimum absolute atomic E-state index is 0.191. The van der Waals surface area contributed by atoms with E-state index in [0.717, 1.165) is 0 Å². The fourth-order valence-electron chi connectivity index (χ4n) is 2.01. The van der Waals surface area contributed by atoms with Crippen LogP contribution in [-0.4, -0.2) is 17.1 Å². The lowest BCUT2D eigenvalue weighted by molar-refractivity contribution is 0.100. The average molecular weight is 275 g/mol. The van der Waals surface area contributed by atoms with Gasteiger partial charge in [-0.15, -0.1) is 4.99 Å². The third kappa shape index (κ3) is 3.34. The quantitative estimate of drug-likeness (QED) is 0.630. The number of nitrogens with zero attached hydrogens (tertiary/aromatic N) is 1. The van der Waals surface area contributed by atoms with E-state index in [-0.39, 0.29) is 16.6 Å². The van der Waals surface area contributed by atoms with Crippen LogP contribution in [0.15, 0.2) is 17.1 Å². The van der Waals surface area contributed by atoms with Crippen LogP contribution in [0.3, 0.4) is 0 Å². The van der Waals surface area contributed by atoms with Crippen LogP contribution in [0.1, 0.15) is 63.0 Å². The van der Waals surface area contributed by atoms with Crippen LogP contribution >= 0.6 is 0 Å². The Bertz CT molecular complexity index is 548. The zero-order valence-corrected chi connectivity index (χ0v) is 12.9. The summed E-state index contributed by atoms with van der Waals surface area (Å²) in [6.45, 7) is 11.7. The molecule has 0 radical (unpaired) electrons. The van der Waals surface area contributed by atoms with E-state index in [4.69, 9.17) is 0 Å². The zero-order chi connectivity index (χ0) is 15.7. The van der Waals surface area contributed by atoms with Crippen LogP contribution in [0.25, 0.3) is 0 Å². The molecule has 0 saturated carbocycles. The Morgan fingerprint density at radius 1 is 1.05 bits per heavy atom. The van der Waals surface area contributed by atoms with Gasteiger partial charge in [-0.3, -0.25) is 4.79 Å². The van der Waals surface area contributed by atoms with Crippen molar-refractivity contribution in [2.75, 3.05) is 0 Å². The Morgan fingerprint density at radius 2 is 1.45 bits per heavy atom. The first kappa shape index (κ1) is 16.1. The van der Waals surface area contributed by atoms with Gasteiger partial charge in [-0.2, -0.15) is 0 Å². The first-order chi connectivity index (χ1) is 8.98. The minimum atomic E-state index is -0.643. The third-order valence-electron chi connectivity index (χ3n) is 3.12. The largest absolute Gasteiger partial charge is 0.507 e. The molecule has 1 aromatic carbocycles. The van der Waals surface area contributed by atoms with Crippen molar-refractivity contribution in [2.45, 2.75) is 52.4 Å². The van der Waals surface area contributed by atoms with Gasteiger partial charge in [-0.05, 0) is 23.0 Å². The summed E-state index contributed by atoms with van der Waals surface area (Å²) in [7, 11) is 0. The molecule has 0 saturated heterocycles. The van der Waals surface area contributed by atoms with Crippen LogP contribution in [0, 0.1) is 0 Å². The third-order valence-corrected chi connectivity index (χ3v) is 3.12. The number of amides is 1. The van der Waals surface area contributed by atoms with Crippen molar-refractivity contribution in [1.29, 1.82) is 0 Å². The highest BCUT2D eigenvalue weighted by Gasteiger charge is 2.27. The molecule has 0 bridgehead atoms. The van der Waals surface area contributed by atoms with Gasteiger partial charge in [0.15, 0.2) is 0 Å². The molecule has 0 heterocycles. The predicted octanol–water partition coefficient (Wildman–Crippen LogP) is 3.46. The zero-order valence-electron chi connectivity index (χ0n) is 12.9. The van der Waals surface area contributed by atoms with Crippen molar-refractivity contribution >= 4 is 12.0 Å². The van der Waals surface area contributed by atoms with Crippen LogP contribution in [-0.2, 0) is 15.6 Å². The summed E-state index contributed by atoms with van der Waals surface area (Å²) >= 11 is 0. The van der Waals surface area contributed by atoms with Crippen molar-refractivity contribution in [3.05, 3.63) is 28.8 Å². The number of carbonyl (C=O) groups excluding carboxylic acids is 2. The van der Waals surface area contributed by atoms with Crippen molar-refractivity contribution in [3.63, 3.8) is 0 Å². The molecule has 1 N–H and O–H groups in total. The second-order valence-electron chi connectivity index (χ2n) is 6.93. The molecule has 0 aliphatic rings. The molecule has 1 amide bonds. The Balaban J connectivity index is 3.67. The molecule has 0 aliphatic carbocycles. The number of aromatic hydroxyl groups is 1. The molecule has 20 heavy (non-hydrogen) atoms. The maximum atomic E-state index is 11.8. The van der Waals surface area contributed by atoms with E-state index in [1.165, 1.54) is 6.08 Å². The summed E-state index contributed by atoms with van der Waals surface area (Å²) in [4.78, 5) is 25.2. The number of aliphatic imine (C=N–C) groups is 1. The van der Waals surface area contributed by atoms with E-state index < -0.39 is 5.91 Å². The van der Waals surface area contributed by atoms with Crippen LogP contribution in [0.4, 0.5) is 0 Å². The topological polar surface area (TPSA) is 66.7 Å². The number of rotatable bonds is 1. The number of hydrogen-bond donors (Lipinski definition) is 1. The smallest absolute Gasteiger partial charge is 0.287 e. The Hall–Kier alpha value is -1.93. The molecule has 0 spiro atoms. The summed E-state index contributed by atoms with van der Waals surface area (Å²) in [5.41, 5.74) is 0.959. The van der Waals surface area contributed by atoms with Crippen LogP contribution < -0.4 is 0 Å². The molecule has 1 aromatic rings. The summed E-state index contributed by atoms with van der Waals surface area (Å²) < 4.78 is 0. The molecular formula is C16H21NO3. The average Bonchev–Trinajstić information content (AvgIpc) is 2.26. The Labute approximate surface area is 119 Å². The molecule has 0 aliphatic heterocycles. The molecule has 0 unspecified atom stereocenters. The highest BCUT2D eigenvalue weighted by atomic mass is 16.3. The standard InChI is InChI=1S/C16H21NO3/c1-15(2,3)11-7-10(14(20)17-9-18)8-12(13(11)19)16(4,5)6/h7-8,19H,1-6H3. The molecule has 0 fully saturated rings. The second kappa shape index (κ2) is 5.22. The number of carbonyl (C=O) groups is 1. The van der Waals surface area contributed by atoms with E-state index in [1.54, 1.807) is 12.1 Å². The fraction of sp³-hybridized carbons (Fsp3) is 0.500.